The van der Waals surface area contributed by atoms with Crippen LogP contribution in [0.25, 0.3) is 0 Å². The minimum absolute atomic E-state index is 0.0970. The largest absolute Gasteiger partial charge is 0.483 e. The fraction of sp³-hybridized carbons (Fsp3) is 0.391. The lowest BCUT2D eigenvalue weighted by Crippen LogP contribution is -2.47. The Labute approximate surface area is 167 Å². The van der Waals surface area contributed by atoms with E-state index in [1.165, 1.54) is 0 Å². The average Bonchev–Trinajstić information content (AvgIpc) is 2.58. The highest BCUT2D eigenvalue weighted by molar-refractivity contribution is 6.06. The molecule has 28 heavy (non-hydrogen) atoms. The Morgan fingerprint density at radius 3 is 2.14 bits per heavy atom. The number of para-hydroxylation sites is 2. The summed E-state index contributed by atoms with van der Waals surface area (Å²) in [5.41, 5.74) is 0.833. The molecule has 0 fully saturated rings. The summed E-state index contributed by atoms with van der Waals surface area (Å²) in [5.74, 6) is -0.123. The van der Waals surface area contributed by atoms with E-state index in [2.05, 4.69) is 31.4 Å². The van der Waals surface area contributed by atoms with Crippen molar-refractivity contribution in [3.63, 3.8) is 0 Å². The Bertz CT molecular complexity index is 808. The minimum Gasteiger partial charge on any atom is -0.483 e. The van der Waals surface area contributed by atoms with Gasteiger partial charge in [0.1, 0.15) is 5.75 Å². The molecule has 0 saturated heterocycles. The molecule has 2 aromatic carbocycles. The number of benzene rings is 2. The zero-order valence-corrected chi connectivity index (χ0v) is 17.3. The van der Waals surface area contributed by atoms with E-state index in [4.69, 9.17) is 4.74 Å². The van der Waals surface area contributed by atoms with E-state index in [1.54, 1.807) is 24.3 Å². The maximum absolute atomic E-state index is 12.6. The number of anilines is 1. The van der Waals surface area contributed by atoms with Crippen molar-refractivity contribution in [2.24, 2.45) is 5.41 Å². The van der Waals surface area contributed by atoms with E-state index >= 15 is 0 Å². The number of rotatable bonds is 7. The zero-order chi connectivity index (χ0) is 20.8. The van der Waals surface area contributed by atoms with Gasteiger partial charge in [-0.25, -0.2) is 0 Å². The Morgan fingerprint density at radius 1 is 0.893 bits per heavy atom. The normalized spacial score (nSPS) is 11.6. The van der Waals surface area contributed by atoms with E-state index in [0.717, 1.165) is 6.42 Å². The van der Waals surface area contributed by atoms with Crippen molar-refractivity contribution in [1.29, 1.82) is 0 Å². The molecule has 0 heterocycles. The van der Waals surface area contributed by atoms with E-state index in [9.17, 15) is 9.59 Å². The first kappa shape index (κ1) is 21.5. The summed E-state index contributed by atoms with van der Waals surface area (Å²) >= 11 is 0. The Kier molecular flexibility index (Phi) is 6.84. The van der Waals surface area contributed by atoms with Crippen molar-refractivity contribution < 1.29 is 14.3 Å². The summed E-state index contributed by atoms with van der Waals surface area (Å²) in [7, 11) is 0. The van der Waals surface area contributed by atoms with Crippen molar-refractivity contribution in [3.05, 3.63) is 60.2 Å². The van der Waals surface area contributed by atoms with Crippen LogP contribution in [-0.2, 0) is 4.79 Å². The molecule has 5 heteroatoms. The lowest BCUT2D eigenvalue weighted by atomic mass is 9.82. The van der Waals surface area contributed by atoms with Gasteiger partial charge in [0.25, 0.3) is 11.8 Å². The van der Waals surface area contributed by atoms with Crippen LogP contribution in [-0.4, -0.2) is 24.0 Å². The van der Waals surface area contributed by atoms with Gasteiger partial charge in [-0.05, 0) is 49.9 Å². The van der Waals surface area contributed by atoms with Crippen molar-refractivity contribution in [2.45, 2.75) is 46.6 Å². The van der Waals surface area contributed by atoms with Gasteiger partial charge in [0.15, 0.2) is 6.61 Å². The molecule has 0 aromatic heterocycles. The third-order valence-corrected chi connectivity index (χ3v) is 3.97. The maximum atomic E-state index is 12.6. The van der Waals surface area contributed by atoms with Gasteiger partial charge in [0, 0.05) is 11.2 Å². The summed E-state index contributed by atoms with van der Waals surface area (Å²) in [5, 5.41) is 5.84. The van der Waals surface area contributed by atoms with Gasteiger partial charge in [-0.3, -0.25) is 9.59 Å². The number of hydrogen-bond acceptors (Lipinski definition) is 3. The fourth-order valence-corrected chi connectivity index (χ4v) is 3.43. The Balaban J connectivity index is 1.99. The molecular formula is C23H30N2O3. The molecular weight excluding hydrogens is 352 g/mol. The highest BCUT2D eigenvalue weighted by Gasteiger charge is 2.27. The Morgan fingerprint density at radius 2 is 1.50 bits per heavy atom. The van der Waals surface area contributed by atoms with Crippen LogP contribution in [0.4, 0.5) is 5.69 Å². The molecule has 0 unspecified atom stereocenters. The first-order chi connectivity index (χ1) is 13.1. The van der Waals surface area contributed by atoms with Crippen molar-refractivity contribution in [2.75, 3.05) is 11.9 Å². The van der Waals surface area contributed by atoms with Gasteiger partial charge < -0.3 is 15.4 Å². The summed E-state index contributed by atoms with van der Waals surface area (Å²) in [6.07, 6.45) is 0.835. The third-order valence-electron chi connectivity index (χ3n) is 3.97. The van der Waals surface area contributed by atoms with Gasteiger partial charge in [0.2, 0.25) is 0 Å². The molecule has 0 radical (unpaired) electrons. The monoisotopic (exact) mass is 382 g/mol. The highest BCUT2D eigenvalue weighted by atomic mass is 16.5. The molecule has 2 aromatic rings. The fourth-order valence-electron chi connectivity index (χ4n) is 3.43. The van der Waals surface area contributed by atoms with E-state index in [0.29, 0.717) is 17.0 Å². The van der Waals surface area contributed by atoms with Crippen LogP contribution in [0.3, 0.4) is 0 Å². The molecule has 2 N–H and O–H groups in total. The number of hydrogen-bond donors (Lipinski definition) is 2. The molecule has 150 valence electrons. The summed E-state index contributed by atoms with van der Waals surface area (Å²) < 4.78 is 5.66. The van der Waals surface area contributed by atoms with Gasteiger partial charge >= 0.3 is 0 Å². The lowest BCUT2D eigenvalue weighted by Gasteiger charge is -2.33. The zero-order valence-electron chi connectivity index (χ0n) is 17.3. The van der Waals surface area contributed by atoms with Crippen LogP contribution in [0, 0.1) is 5.41 Å². The quantitative estimate of drug-likeness (QED) is 0.732. The predicted octanol–water partition coefficient (Wildman–Crippen LogP) is 4.65. The molecule has 5 nitrogen and oxygen atoms in total. The van der Waals surface area contributed by atoms with Crippen molar-refractivity contribution in [1.82, 2.24) is 5.32 Å². The first-order valence-corrected chi connectivity index (χ1v) is 9.45. The van der Waals surface area contributed by atoms with Gasteiger partial charge in [-0.15, -0.1) is 0 Å². The number of ether oxygens (including phenoxy) is 1. The molecule has 2 rings (SSSR count). The van der Waals surface area contributed by atoms with Crippen molar-refractivity contribution in [3.8, 4) is 5.75 Å². The molecule has 0 atom stereocenters. The minimum atomic E-state index is -0.344. The van der Waals surface area contributed by atoms with Crippen LogP contribution in [0.5, 0.6) is 5.75 Å². The number of carbonyl (C=O) groups is 2. The first-order valence-electron chi connectivity index (χ1n) is 9.45. The lowest BCUT2D eigenvalue weighted by molar-refractivity contribution is -0.125. The standard InChI is InChI=1S/C23H30N2O3/c1-22(2,3)16-23(4,5)25-20(26)15-28-19-14-10-9-13-18(19)21(27)24-17-11-7-6-8-12-17/h6-14H,15-16H2,1-5H3,(H,24,27)(H,25,26). The van der Waals surface area contributed by atoms with Crippen LogP contribution < -0.4 is 15.4 Å². The topological polar surface area (TPSA) is 67.4 Å². The van der Waals surface area contributed by atoms with Crippen LogP contribution in [0.2, 0.25) is 0 Å². The third kappa shape index (κ3) is 7.06. The van der Waals surface area contributed by atoms with E-state index in [1.807, 2.05) is 44.2 Å². The summed E-state index contributed by atoms with van der Waals surface area (Å²) in [6, 6.07) is 16.1. The summed E-state index contributed by atoms with van der Waals surface area (Å²) in [6.45, 7) is 10.3. The molecule has 0 spiro atoms. The van der Waals surface area contributed by atoms with E-state index < -0.39 is 0 Å². The van der Waals surface area contributed by atoms with Gasteiger partial charge in [-0.2, -0.15) is 0 Å². The number of carbonyl (C=O) groups excluding carboxylic acids is 2. The van der Waals surface area contributed by atoms with Gasteiger partial charge in [0.05, 0.1) is 5.56 Å². The highest BCUT2D eigenvalue weighted by Crippen LogP contribution is 2.26. The van der Waals surface area contributed by atoms with E-state index in [-0.39, 0.29) is 29.4 Å². The second-order valence-electron chi connectivity index (χ2n) is 8.77. The van der Waals surface area contributed by atoms with Crippen LogP contribution in [0.1, 0.15) is 51.4 Å². The average molecular weight is 383 g/mol. The summed E-state index contributed by atoms with van der Waals surface area (Å²) in [4.78, 5) is 24.9. The molecule has 2 amide bonds. The molecule has 0 saturated carbocycles. The smallest absolute Gasteiger partial charge is 0.259 e. The SMILES string of the molecule is CC(C)(C)CC(C)(C)NC(=O)COc1ccccc1C(=O)Nc1ccccc1. The molecule has 0 aliphatic rings. The molecule has 0 aliphatic carbocycles. The molecule has 0 aliphatic heterocycles. The Hall–Kier alpha value is -2.82. The van der Waals surface area contributed by atoms with Gasteiger partial charge in [-0.1, -0.05) is 51.1 Å². The predicted molar refractivity (Wildman–Crippen MR) is 113 cm³/mol. The second kappa shape index (κ2) is 8.91. The number of amides is 2. The maximum Gasteiger partial charge on any atom is 0.259 e. The molecule has 0 bridgehead atoms. The number of nitrogens with one attached hydrogen (secondary N) is 2. The van der Waals surface area contributed by atoms with Crippen LogP contribution >= 0.6 is 0 Å². The second-order valence-corrected chi connectivity index (χ2v) is 8.77. The van der Waals surface area contributed by atoms with Crippen LogP contribution in [0.15, 0.2) is 54.6 Å². The van der Waals surface area contributed by atoms with Crippen molar-refractivity contribution >= 4 is 17.5 Å².